The van der Waals surface area contributed by atoms with Crippen LogP contribution in [0.3, 0.4) is 0 Å². The Morgan fingerprint density at radius 3 is 2.21 bits per heavy atom. The molecular formula is C14H14Cl3NS. The summed E-state index contributed by atoms with van der Waals surface area (Å²) in [5.74, 6) is 0. The van der Waals surface area contributed by atoms with E-state index in [1.165, 1.54) is 11.3 Å². The zero-order valence-corrected chi connectivity index (χ0v) is 13.7. The van der Waals surface area contributed by atoms with E-state index in [1.54, 1.807) is 0 Å². The topological polar surface area (TPSA) is 12.0 Å². The van der Waals surface area contributed by atoms with Crippen LogP contribution in [0.25, 0.3) is 0 Å². The predicted octanol–water partition coefficient (Wildman–Crippen LogP) is 6.12. The van der Waals surface area contributed by atoms with E-state index in [0.717, 1.165) is 20.5 Å². The van der Waals surface area contributed by atoms with Crippen molar-refractivity contribution in [1.82, 2.24) is 5.32 Å². The van der Waals surface area contributed by atoms with Gasteiger partial charge in [0, 0.05) is 17.1 Å². The molecule has 1 aromatic carbocycles. The van der Waals surface area contributed by atoms with Gasteiger partial charge in [-0.1, -0.05) is 53.0 Å². The summed E-state index contributed by atoms with van der Waals surface area (Å²) in [5, 5.41) is 4.25. The van der Waals surface area contributed by atoms with Crippen molar-refractivity contribution in [3.63, 3.8) is 0 Å². The number of hydrogen-bond acceptors (Lipinski definition) is 2. The second-order valence-electron chi connectivity index (χ2n) is 4.41. The van der Waals surface area contributed by atoms with Crippen LogP contribution in [-0.4, -0.2) is 0 Å². The van der Waals surface area contributed by atoms with Gasteiger partial charge in [-0.2, -0.15) is 0 Å². The number of rotatable bonds is 4. The summed E-state index contributed by atoms with van der Waals surface area (Å²) < 4.78 is 1.44. The van der Waals surface area contributed by atoms with E-state index in [4.69, 9.17) is 34.8 Å². The Morgan fingerprint density at radius 1 is 1.00 bits per heavy atom. The molecule has 19 heavy (non-hydrogen) atoms. The first-order chi connectivity index (χ1) is 8.99. The molecule has 2 unspecified atom stereocenters. The van der Waals surface area contributed by atoms with E-state index in [2.05, 4.69) is 19.2 Å². The van der Waals surface area contributed by atoms with E-state index < -0.39 is 0 Å². The second-order valence-corrected chi connectivity index (χ2v) is 7.10. The van der Waals surface area contributed by atoms with E-state index in [-0.39, 0.29) is 12.1 Å². The molecule has 0 aliphatic carbocycles. The van der Waals surface area contributed by atoms with Gasteiger partial charge in [-0.25, -0.2) is 0 Å². The number of nitrogens with one attached hydrogen (secondary N) is 1. The summed E-state index contributed by atoms with van der Waals surface area (Å²) in [5.41, 5.74) is 2.10. The van der Waals surface area contributed by atoms with Crippen LogP contribution in [0.15, 0.2) is 30.3 Å². The van der Waals surface area contributed by atoms with Gasteiger partial charge >= 0.3 is 0 Å². The Labute approximate surface area is 132 Å². The third-order valence-electron chi connectivity index (χ3n) is 3.02. The molecule has 2 rings (SSSR count). The van der Waals surface area contributed by atoms with Crippen LogP contribution in [0.5, 0.6) is 0 Å². The van der Waals surface area contributed by atoms with Gasteiger partial charge in [-0.3, -0.25) is 0 Å². The molecule has 1 heterocycles. The van der Waals surface area contributed by atoms with Crippen LogP contribution in [0.1, 0.15) is 37.1 Å². The fourth-order valence-corrected chi connectivity index (χ4v) is 3.97. The molecule has 102 valence electrons. The Balaban J connectivity index is 2.13. The van der Waals surface area contributed by atoms with Gasteiger partial charge in [0.1, 0.15) is 0 Å². The normalized spacial score (nSPS) is 14.4. The lowest BCUT2D eigenvalue weighted by Gasteiger charge is -2.21. The highest BCUT2D eigenvalue weighted by Gasteiger charge is 2.17. The van der Waals surface area contributed by atoms with Crippen molar-refractivity contribution in [1.29, 1.82) is 0 Å². The fraction of sp³-hybridized carbons (Fsp3) is 0.286. The standard InChI is InChI=1S/C14H14Cl3NS/c1-8(10-5-3-4-6-12(10)15)18-9(2)11-7-13(16)19-14(11)17/h3-9,18H,1-2H3. The average molecular weight is 335 g/mol. The molecule has 0 saturated carbocycles. The number of halogens is 3. The van der Waals surface area contributed by atoms with Crippen molar-refractivity contribution in [2.45, 2.75) is 25.9 Å². The molecule has 0 bridgehead atoms. The van der Waals surface area contributed by atoms with Crippen molar-refractivity contribution in [3.8, 4) is 0 Å². The molecule has 1 nitrogen and oxygen atoms in total. The van der Waals surface area contributed by atoms with Gasteiger partial charge in [0.15, 0.2) is 0 Å². The van der Waals surface area contributed by atoms with Crippen molar-refractivity contribution < 1.29 is 0 Å². The van der Waals surface area contributed by atoms with Gasteiger partial charge in [0.25, 0.3) is 0 Å². The number of thiophene rings is 1. The monoisotopic (exact) mass is 333 g/mol. The van der Waals surface area contributed by atoms with Crippen LogP contribution < -0.4 is 5.32 Å². The van der Waals surface area contributed by atoms with E-state index in [0.29, 0.717) is 4.34 Å². The average Bonchev–Trinajstić information content (AvgIpc) is 2.69. The summed E-state index contributed by atoms with van der Waals surface area (Å²) in [6.45, 7) is 4.15. The minimum atomic E-state index is 0.113. The van der Waals surface area contributed by atoms with Crippen molar-refractivity contribution in [3.05, 3.63) is 55.2 Å². The maximum atomic E-state index is 6.20. The molecule has 0 spiro atoms. The Morgan fingerprint density at radius 2 is 1.63 bits per heavy atom. The zero-order valence-electron chi connectivity index (χ0n) is 10.6. The van der Waals surface area contributed by atoms with Crippen LogP contribution in [0.2, 0.25) is 13.7 Å². The first-order valence-electron chi connectivity index (χ1n) is 5.94. The van der Waals surface area contributed by atoms with Gasteiger partial charge in [-0.05, 0) is 37.1 Å². The first kappa shape index (κ1) is 15.1. The molecule has 1 aromatic heterocycles. The molecule has 2 atom stereocenters. The fourth-order valence-electron chi connectivity index (χ4n) is 2.03. The third kappa shape index (κ3) is 3.65. The van der Waals surface area contributed by atoms with E-state index in [9.17, 15) is 0 Å². The van der Waals surface area contributed by atoms with Crippen LogP contribution in [0, 0.1) is 0 Å². The smallest absolute Gasteiger partial charge is 0.0991 e. The van der Waals surface area contributed by atoms with Crippen LogP contribution in [-0.2, 0) is 0 Å². The molecule has 1 N–H and O–H groups in total. The predicted molar refractivity (Wildman–Crippen MR) is 85.8 cm³/mol. The van der Waals surface area contributed by atoms with Gasteiger partial charge in [0.05, 0.1) is 8.67 Å². The van der Waals surface area contributed by atoms with Crippen LogP contribution >= 0.6 is 46.1 Å². The summed E-state index contributed by atoms with van der Waals surface area (Å²) in [6.07, 6.45) is 0. The lowest BCUT2D eigenvalue weighted by Crippen LogP contribution is -2.22. The summed E-state index contributed by atoms with van der Waals surface area (Å²) in [6, 6.07) is 9.99. The molecule has 5 heteroatoms. The Hall–Kier alpha value is -0.250. The summed E-state index contributed by atoms with van der Waals surface area (Å²) in [4.78, 5) is 0. The minimum Gasteiger partial charge on any atom is -0.304 e. The zero-order chi connectivity index (χ0) is 14.0. The summed E-state index contributed by atoms with van der Waals surface area (Å²) in [7, 11) is 0. The molecule has 2 aromatic rings. The molecule has 0 aliphatic heterocycles. The number of benzene rings is 1. The maximum absolute atomic E-state index is 6.20. The molecule has 0 aliphatic rings. The Bertz CT molecular complexity index is 568. The lowest BCUT2D eigenvalue weighted by atomic mass is 10.1. The Kier molecular flexibility index (Phi) is 5.15. The van der Waals surface area contributed by atoms with E-state index >= 15 is 0 Å². The van der Waals surface area contributed by atoms with Gasteiger partial charge in [0.2, 0.25) is 0 Å². The largest absolute Gasteiger partial charge is 0.304 e. The highest BCUT2D eigenvalue weighted by molar-refractivity contribution is 7.20. The first-order valence-corrected chi connectivity index (χ1v) is 7.89. The second kappa shape index (κ2) is 6.47. The van der Waals surface area contributed by atoms with Gasteiger partial charge in [-0.15, -0.1) is 11.3 Å². The lowest BCUT2D eigenvalue weighted by molar-refractivity contribution is 0.496. The van der Waals surface area contributed by atoms with Crippen molar-refractivity contribution in [2.24, 2.45) is 0 Å². The molecule has 0 fully saturated rings. The maximum Gasteiger partial charge on any atom is 0.0991 e. The molecule has 0 amide bonds. The van der Waals surface area contributed by atoms with Crippen molar-refractivity contribution >= 4 is 46.1 Å². The minimum absolute atomic E-state index is 0.113. The molecule has 0 radical (unpaired) electrons. The number of hydrogen-bond donors (Lipinski definition) is 1. The van der Waals surface area contributed by atoms with Gasteiger partial charge < -0.3 is 5.32 Å². The summed E-state index contributed by atoms with van der Waals surface area (Å²) >= 11 is 19.7. The highest BCUT2D eigenvalue weighted by Crippen LogP contribution is 2.36. The van der Waals surface area contributed by atoms with Crippen LogP contribution in [0.4, 0.5) is 0 Å². The van der Waals surface area contributed by atoms with Crippen molar-refractivity contribution in [2.75, 3.05) is 0 Å². The SMILES string of the molecule is CC(NC(C)c1cc(Cl)sc1Cl)c1ccccc1Cl. The molecular weight excluding hydrogens is 321 g/mol. The third-order valence-corrected chi connectivity index (χ3v) is 4.88. The quantitative estimate of drug-likeness (QED) is 0.710. The molecule has 0 saturated heterocycles. The highest BCUT2D eigenvalue weighted by atomic mass is 35.5. The van der Waals surface area contributed by atoms with E-state index in [1.807, 2.05) is 30.3 Å².